The van der Waals surface area contributed by atoms with Crippen LogP contribution in [0, 0.1) is 0 Å². The third kappa shape index (κ3) is 2.73. The summed E-state index contributed by atoms with van der Waals surface area (Å²) in [5.41, 5.74) is 2.44. The number of benzene rings is 2. The second-order valence-electron chi connectivity index (χ2n) is 7.04. The van der Waals surface area contributed by atoms with Crippen LogP contribution in [0.3, 0.4) is 0 Å². The standard InChI is InChI=1S/C19H18N4O3S/c1-19(2)14-10-12(8-9-15(14)21-18(19)24)11-20-23(3)17-13-6-4-5-7-16(13)27(25,26)22-17/h4-11H,1-3H3,(H,21,24)/b20-11+. The molecule has 2 aliphatic rings. The molecule has 2 heterocycles. The lowest BCUT2D eigenvalue weighted by atomic mass is 9.85. The molecule has 0 bridgehead atoms. The first-order chi connectivity index (χ1) is 12.7. The van der Waals surface area contributed by atoms with Crippen molar-refractivity contribution in [3.63, 3.8) is 0 Å². The zero-order valence-electron chi connectivity index (χ0n) is 15.1. The van der Waals surface area contributed by atoms with Gasteiger partial charge in [-0.15, -0.1) is 4.40 Å². The van der Waals surface area contributed by atoms with E-state index >= 15 is 0 Å². The van der Waals surface area contributed by atoms with Crippen molar-refractivity contribution >= 4 is 33.7 Å². The van der Waals surface area contributed by atoms with Gasteiger partial charge in [0.25, 0.3) is 10.0 Å². The van der Waals surface area contributed by atoms with Crippen LogP contribution in [0.2, 0.25) is 0 Å². The highest BCUT2D eigenvalue weighted by atomic mass is 32.2. The molecule has 0 fully saturated rings. The molecule has 0 saturated heterocycles. The van der Waals surface area contributed by atoms with Crippen LogP contribution >= 0.6 is 0 Å². The summed E-state index contributed by atoms with van der Waals surface area (Å²) in [6, 6.07) is 12.3. The highest BCUT2D eigenvalue weighted by molar-refractivity contribution is 7.90. The Morgan fingerprint density at radius 1 is 1.19 bits per heavy atom. The Morgan fingerprint density at radius 3 is 2.70 bits per heavy atom. The number of nitrogens with zero attached hydrogens (tertiary/aromatic N) is 3. The summed E-state index contributed by atoms with van der Waals surface area (Å²) in [5, 5.41) is 8.64. The lowest BCUT2D eigenvalue weighted by Gasteiger charge is -2.15. The van der Waals surface area contributed by atoms with E-state index in [9.17, 15) is 13.2 Å². The topological polar surface area (TPSA) is 91.2 Å². The summed E-state index contributed by atoms with van der Waals surface area (Å²) in [4.78, 5) is 12.2. The molecule has 1 N–H and O–H groups in total. The molecule has 0 aromatic heterocycles. The van der Waals surface area contributed by atoms with E-state index in [-0.39, 0.29) is 16.6 Å². The van der Waals surface area contributed by atoms with Crippen molar-refractivity contribution in [2.75, 3.05) is 12.4 Å². The van der Waals surface area contributed by atoms with Gasteiger partial charge in [-0.1, -0.05) is 18.2 Å². The molecule has 0 spiro atoms. The monoisotopic (exact) mass is 382 g/mol. The van der Waals surface area contributed by atoms with E-state index < -0.39 is 15.4 Å². The number of carbonyl (C=O) groups is 1. The maximum absolute atomic E-state index is 12.2. The maximum Gasteiger partial charge on any atom is 0.285 e. The third-order valence-corrected chi connectivity index (χ3v) is 6.16. The SMILES string of the molecule is CN(/N=C/c1ccc2c(c1)C(C)(C)C(=O)N2)C1=NS(=O)(=O)c2ccccc21. The number of amidine groups is 1. The van der Waals surface area contributed by atoms with Crippen LogP contribution in [0.25, 0.3) is 0 Å². The second kappa shape index (κ2) is 5.75. The number of anilines is 1. The van der Waals surface area contributed by atoms with Gasteiger partial charge in [0, 0.05) is 18.3 Å². The van der Waals surface area contributed by atoms with Gasteiger partial charge in [0.05, 0.1) is 11.6 Å². The fraction of sp³-hybridized carbons (Fsp3) is 0.211. The van der Waals surface area contributed by atoms with Crippen molar-refractivity contribution in [3.05, 3.63) is 59.2 Å². The zero-order chi connectivity index (χ0) is 19.4. The van der Waals surface area contributed by atoms with Gasteiger partial charge in [-0.25, -0.2) is 5.01 Å². The van der Waals surface area contributed by atoms with Crippen LogP contribution in [0.1, 0.15) is 30.5 Å². The first kappa shape index (κ1) is 17.4. The number of hydrogen-bond acceptors (Lipinski definition) is 5. The number of amides is 1. The smallest absolute Gasteiger partial charge is 0.285 e. The lowest BCUT2D eigenvalue weighted by Crippen LogP contribution is -2.26. The highest BCUT2D eigenvalue weighted by Gasteiger charge is 2.38. The average Bonchev–Trinajstić information content (AvgIpc) is 3.04. The first-order valence-corrected chi connectivity index (χ1v) is 9.82. The largest absolute Gasteiger partial charge is 0.325 e. The van der Waals surface area contributed by atoms with Gasteiger partial charge in [-0.05, 0) is 49.2 Å². The van der Waals surface area contributed by atoms with Crippen molar-refractivity contribution in [3.8, 4) is 0 Å². The Balaban J connectivity index is 1.64. The van der Waals surface area contributed by atoms with Gasteiger partial charge in [0.2, 0.25) is 5.91 Å². The Morgan fingerprint density at radius 2 is 1.93 bits per heavy atom. The third-order valence-electron chi connectivity index (χ3n) is 4.83. The van der Waals surface area contributed by atoms with E-state index in [0.29, 0.717) is 5.56 Å². The average molecular weight is 382 g/mol. The molecule has 1 amide bonds. The minimum Gasteiger partial charge on any atom is -0.325 e. The lowest BCUT2D eigenvalue weighted by molar-refractivity contribution is -0.119. The maximum atomic E-state index is 12.2. The van der Waals surface area contributed by atoms with E-state index in [2.05, 4.69) is 14.8 Å². The summed E-state index contributed by atoms with van der Waals surface area (Å²) >= 11 is 0. The van der Waals surface area contributed by atoms with Gasteiger partial charge in [-0.2, -0.15) is 13.5 Å². The summed E-state index contributed by atoms with van der Waals surface area (Å²) in [5.74, 6) is 0.242. The van der Waals surface area contributed by atoms with Gasteiger partial charge in [0.15, 0.2) is 5.84 Å². The summed E-state index contributed by atoms with van der Waals surface area (Å²) < 4.78 is 28.2. The van der Waals surface area contributed by atoms with Crippen molar-refractivity contribution in [1.82, 2.24) is 5.01 Å². The van der Waals surface area contributed by atoms with E-state index in [1.54, 1.807) is 31.5 Å². The molecule has 27 heavy (non-hydrogen) atoms. The molecule has 0 radical (unpaired) electrons. The molecule has 138 valence electrons. The van der Waals surface area contributed by atoms with Crippen LogP contribution in [0.5, 0.6) is 0 Å². The Kier molecular flexibility index (Phi) is 3.71. The van der Waals surface area contributed by atoms with Crippen LogP contribution in [0.4, 0.5) is 5.69 Å². The number of sulfonamides is 1. The van der Waals surface area contributed by atoms with E-state index in [0.717, 1.165) is 16.8 Å². The van der Waals surface area contributed by atoms with E-state index in [4.69, 9.17) is 0 Å². The van der Waals surface area contributed by atoms with E-state index in [1.165, 1.54) is 11.1 Å². The van der Waals surface area contributed by atoms with Crippen LogP contribution < -0.4 is 5.32 Å². The van der Waals surface area contributed by atoms with Crippen molar-refractivity contribution in [2.24, 2.45) is 9.50 Å². The fourth-order valence-corrected chi connectivity index (χ4v) is 4.43. The second-order valence-corrected chi connectivity index (χ2v) is 8.61. The number of hydrazone groups is 1. The van der Waals surface area contributed by atoms with Gasteiger partial charge >= 0.3 is 0 Å². The van der Waals surface area contributed by atoms with Gasteiger partial charge < -0.3 is 5.32 Å². The Hall–Kier alpha value is -3.00. The molecule has 7 nitrogen and oxygen atoms in total. The van der Waals surface area contributed by atoms with Crippen molar-refractivity contribution < 1.29 is 13.2 Å². The predicted molar refractivity (Wildman–Crippen MR) is 104 cm³/mol. The predicted octanol–water partition coefficient (Wildman–Crippen LogP) is 2.33. The molecule has 2 aromatic carbocycles. The van der Waals surface area contributed by atoms with Crippen LogP contribution in [0.15, 0.2) is 56.9 Å². The van der Waals surface area contributed by atoms with Crippen LogP contribution in [-0.2, 0) is 20.2 Å². The van der Waals surface area contributed by atoms with Crippen LogP contribution in [-0.4, -0.2) is 38.4 Å². The minimum atomic E-state index is -3.69. The summed E-state index contributed by atoms with van der Waals surface area (Å²) in [6.45, 7) is 3.74. The summed E-state index contributed by atoms with van der Waals surface area (Å²) in [6.07, 6.45) is 1.62. The number of rotatable bonds is 2. The molecule has 8 heteroatoms. The fourth-order valence-electron chi connectivity index (χ4n) is 3.20. The van der Waals surface area contributed by atoms with E-state index in [1.807, 2.05) is 32.0 Å². The number of carbonyl (C=O) groups excluding carboxylic acids is 1. The molecule has 0 saturated carbocycles. The Bertz CT molecular complexity index is 1130. The zero-order valence-corrected chi connectivity index (χ0v) is 15.9. The molecule has 0 aliphatic carbocycles. The minimum absolute atomic E-state index is 0.0363. The molecular weight excluding hydrogens is 364 g/mol. The van der Waals surface area contributed by atoms with Crippen molar-refractivity contribution in [2.45, 2.75) is 24.2 Å². The van der Waals surface area contributed by atoms with Crippen molar-refractivity contribution in [1.29, 1.82) is 0 Å². The number of fused-ring (bicyclic) bond motifs is 2. The summed E-state index contributed by atoms with van der Waals surface area (Å²) in [7, 11) is -2.04. The molecule has 2 aliphatic heterocycles. The first-order valence-electron chi connectivity index (χ1n) is 8.38. The molecule has 2 aromatic rings. The molecular formula is C19H18N4O3S. The highest BCUT2D eigenvalue weighted by Crippen LogP contribution is 2.37. The normalized spacial score (nSPS) is 18.8. The quantitative estimate of drug-likeness (QED) is 0.637. The molecule has 0 unspecified atom stereocenters. The number of nitrogens with one attached hydrogen (secondary N) is 1. The number of hydrogen-bond donors (Lipinski definition) is 1. The van der Waals surface area contributed by atoms with Gasteiger partial charge in [-0.3, -0.25) is 4.79 Å². The molecule has 4 rings (SSSR count). The van der Waals surface area contributed by atoms with Gasteiger partial charge in [0.1, 0.15) is 4.90 Å². The Labute approximate surface area is 157 Å². The molecule has 0 atom stereocenters.